The van der Waals surface area contributed by atoms with Crippen LogP contribution in [0.25, 0.3) is 0 Å². The zero-order chi connectivity index (χ0) is 13.6. The fraction of sp³-hybridized carbons (Fsp3) is 1.00. The summed E-state index contributed by atoms with van der Waals surface area (Å²) in [6.07, 6.45) is 1.17. The van der Waals surface area contributed by atoms with E-state index in [2.05, 4.69) is 0 Å². The molecule has 3 aliphatic rings. The molecule has 0 spiro atoms. The SMILES string of the molecule is COC1CCC2C(COC3C(F)C(C)CCC23)C1F. The van der Waals surface area contributed by atoms with Crippen LogP contribution in [0.5, 0.6) is 0 Å². The van der Waals surface area contributed by atoms with Gasteiger partial charge in [0.2, 0.25) is 0 Å². The highest BCUT2D eigenvalue weighted by Gasteiger charge is 2.52. The summed E-state index contributed by atoms with van der Waals surface area (Å²) >= 11 is 0. The Morgan fingerprint density at radius 2 is 1.68 bits per heavy atom. The van der Waals surface area contributed by atoms with Crippen LogP contribution in [-0.2, 0) is 9.47 Å². The first-order chi connectivity index (χ1) is 9.13. The van der Waals surface area contributed by atoms with Crippen LogP contribution in [0.4, 0.5) is 8.78 Å². The molecule has 2 nitrogen and oxygen atoms in total. The molecule has 3 fully saturated rings. The normalized spacial score (nSPS) is 54.3. The topological polar surface area (TPSA) is 18.5 Å². The molecule has 1 saturated heterocycles. The fourth-order valence-corrected chi connectivity index (χ4v) is 4.47. The molecular formula is C15H24F2O2. The van der Waals surface area contributed by atoms with Gasteiger partial charge in [-0.15, -0.1) is 0 Å². The van der Waals surface area contributed by atoms with E-state index in [1.165, 1.54) is 0 Å². The molecule has 0 radical (unpaired) electrons. The average Bonchev–Trinajstić information content (AvgIpc) is 2.43. The maximum Gasteiger partial charge on any atom is 0.131 e. The quantitative estimate of drug-likeness (QED) is 0.731. The van der Waals surface area contributed by atoms with Crippen LogP contribution < -0.4 is 0 Å². The second-order valence-electron chi connectivity index (χ2n) is 6.58. The Morgan fingerprint density at radius 3 is 2.42 bits per heavy atom. The molecule has 2 aliphatic carbocycles. The lowest BCUT2D eigenvalue weighted by molar-refractivity contribution is -0.188. The molecule has 0 amide bonds. The minimum absolute atomic E-state index is 0.0780. The van der Waals surface area contributed by atoms with Crippen molar-refractivity contribution >= 4 is 0 Å². The number of halogens is 2. The van der Waals surface area contributed by atoms with Crippen molar-refractivity contribution in [2.75, 3.05) is 13.7 Å². The van der Waals surface area contributed by atoms with Gasteiger partial charge in [-0.2, -0.15) is 0 Å². The average molecular weight is 274 g/mol. The van der Waals surface area contributed by atoms with Crippen LogP contribution in [0.2, 0.25) is 0 Å². The van der Waals surface area contributed by atoms with Crippen molar-refractivity contribution in [2.24, 2.45) is 23.7 Å². The second kappa shape index (κ2) is 5.28. The monoisotopic (exact) mass is 274 g/mol. The van der Waals surface area contributed by atoms with Crippen LogP contribution in [0, 0.1) is 23.7 Å². The molecule has 3 rings (SSSR count). The fourth-order valence-electron chi connectivity index (χ4n) is 4.47. The van der Waals surface area contributed by atoms with Crippen molar-refractivity contribution in [1.82, 2.24) is 0 Å². The number of hydrogen-bond donors (Lipinski definition) is 0. The van der Waals surface area contributed by atoms with Crippen LogP contribution in [0.1, 0.15) is 32.6 Å². The summed E-state index contributed by atoms with van der Waals surface area (Å²) in [7, 11) is 1.57. The summed E-state index contributed by atoms with van der Waals surface area (Å²) in [4.78, 5) is 0. The molecule has 19 heavy (non-hydrogen) atoms. The van der Waals surface area contributed by atoms with Gasteiger partial charge in [0.25, 0.3) is 0 Å². The zero-order valence-corrected chi connectivity index (χ0v) is 11.7. The first-order valence-electron chi connectivity index (χ1n) is 7.56. The first-order valence-corrected chi connectivity index (χ1v) is 7.56. The smallest absolute Gasteiger partial charge is 0.131 e. The Labute approximate surface area is 113 Å². The molecule has 8 unspecified atom stereocenters. The summed E-state index contributed by atoms with van der Waals surface area (Å²) in [6, 6.07) is 0. The van der Waals surface area contributed by atoms with Crippen LogP contribution in [0.3, 0.4) is 0 Å². The number of ether oxygens (including phenoxy) is 2. The molecule has 0 aromatic rings. The van der Waals surface area contributed by atoms with Gasteiger partial charge in [-0.1, -0.05) is 6.92 Å². The van der Waals surface area contributed by atoms with Gasteiger partial charge >= 0.3 is 0 Å². The first kappa shape index (κ1) is 13.7. The highest BCUT2D eigenvalue weighted by Crippen LogP contribution is 2.49. The Bertz CT molecular complexity index is 325. The maximum atomic E-state index is 14.4. The lowest BCUT2D eigenvalue weighted by Gasteiger charge is -2.51. The molecule has 0 bridgehead atoms. The molecule has 0 aromatic carbocycles. The molecule has 0 aromatic heterocycles. The van der Waals surface area contributed by atoms with Gasteiger partial charge in [-0.05, 0) is 43.4 Å². The van der Waals surface area contributed by atoms with E-state index in [4.69, 9.17) is 9.47 Å². The molecule has 110 valence electrons. The molecule has 8 atom stereocenters. The summed E-state index contributed by atoms with van der Waals surface area (Å²) in [5.74, 6) is 0.474. The Hall–Kier alpha value is -0.220. The van der Waals surface area contributed by atoms with Gasteiger partial charge in [0, 0.05) is 13.0 Å². The van der Waals surface area contributed by atoms with Crippen LogP contribution in [0.15, 0.2) is 0 Å². The highest BCUT2D eigenvalue weighted by atomic mass is 19.1. The van der Waals surface area contributed by atoms with Crippen molar-refractivity contribution in [3.05, 3.63) is 0 Å². The zero-order valence-electron chi connectivity index (χ0n) is 11.7. The molecular weight excluding hydrogens is 250 g/mol. The van der Waals surface area contributed by atoms with Gasteiger partial charge < -0.3 is 9.47 Å². The van der Waals surface area contributed by atoms with E-state index in [-0.39, 0.29) is 35.9 Å². The third kappa shape index (κ3) is 2.21. The third-order valence-electron chi connectivity index (χ3n) is 5.67. The molecule has 4 heteroatoms. The summed E-state index contributed by atoms with van der Waals surface area (Å²) < 4.78 is 39.6. The highest BCUT2D eigenvalue weighted by molar-refractivity contribution is 5.00. The predicted molar refractivity (Wildman–Crippen MR) is 68.4 cm³/mol. The van der Waals surface area contributed by atoms with Crippen molar-refractivity contribution < 1.29 is 18.3 Å². The van der Waals surface area contributed by atoms with Crippen LogP contribution in [-0.4, -0.2) is 38.3 Å². The Morgan fingerprint density at radius 1 is 0.947 bits per heavy atom. The number of methoxy groups -OCH3 is 1. The van der Waals surface area contributed by atoms with Gasteiger partial charge in [0.15, 0.2) is 0 Å². The Kier molecular flexibility index (Phi) is 3.82. The molecule has 0 N–H and O–H groups in total. The van der Waals surface area contributed by atoms with E-state index < -0.39 is 12.3 Å². The van der Waals surface area contributed by atoms with Crippen molar-refractivity contribution in [2.45, 2.75) is 57.2 Å². The van der Waals surface area contributed by atoms with E-state index in [9.17, 15) is 8.78 Å². The maximum absolute atomic E-state index is 14.4. The van der Waals surface area contributed by atoms with Gasteiger partial charge in [-0.3, -0.25) is 0 Å². The number of rotatable bonds is 1. The number of alkyl halides is 2. The van der Waals surface area contributed by atoms with Crippen LogP contribution >= 0.6 is 0 Å². The number of fused-ring (bicyclic) bond motifs is 3. The second-order valence-corrected chi connectivity index (χ2v) is 6.58. The predicted octanol–water partition coefficient (Wildman–Crippen LogP) is 3.15. The molecule has 1 heterocycles. The molecule has 2 saturated carbocycles. The summed E-state index contributed by atoms with van der Waals surface area (Å²) in [6.45, 7) is 2.32. The van der Waals surface area contributed by atoms with Crippen molar-refractivity contribution in [1.29, 1.82) is 0 Å². The minimum atomic E-state index is -0.956. The molecule has 1 aliphatic heterocycles. The largest absolute Gasteiger partial charge is 0.378 e. The van der Waals surface area contributed by atoms with Crippen molar-refractivity contribution in [3.8, 4) is 0 Å². The lowest BCUT2D eigenvalue weighted by Crippen LogP contribution is -2.56. The van der Waals surface area contributed by atoms with E-state index in [0.29, 0.717) is 6.61 Å². The number of hydrogen-bond acceptors (Lipinski definition) is 2. The third-order valence-corrected chi connectivity index (χ3v) is 5.67. The van der Waals surface area contributed by atoms with E-state index in [0.717, 1.165) is 25.7 Å². The van der Waals surface area contributed by atoms with Gasteiger partial charge in [0.1, 0.15) is 12.3 Å². The van der Waals surface area contributed by atoms with Crippen molar-refractivity contribution in [3.63, 3.8) is 0 Å². The van der Waals surface area contributed by atoms with E-state index in [1.54, 1.807) is 7.11 Å². The standard InChI is InChI=1S/C15H24F2O2/c1-8-3-4-10-9-5-6-12(18-2)14(17)11(9)7-19-15(10)13(8)16/h8-15H,3-7H2,1-2H3. The summed E-state index contributed by atoms with van der Waals surface area (Å²) in [5, 5.41) is 0. The summed E-state index contributed by atoms with van der Waals surface area (Å²) in [5.41, 5.74) is 0. The van der Waals surface area contributed by atoms with Gasteiger partial charge in [0.05, 0.1) is 18.8 Å². The van der Waals surface area contributed by atoms with E-state index >= 15 is 0 Å². The van der Waals surface area contributed by atoms with Gasteiger partial charge in [-0.25, -0.2) is 8.78 Å². The Balaban J connectivity index is 1.76. The van der Waals surface area contributed by atoms with E-state index in [1.807, 2.05) is 6.92 Å². The minimum Gasteiger partial charge on any atom is -0.378 e. The lowest BCUT2D eigenvalue weighted by atomic mass is 9.62.